The van der Waals surface area contributed by atoms with Gasteiger partial charge in [0, 0.05) is 19.5 Å². The first kappa shape index (κ1) is 29.0. The molecule has 0 bridgehead atoms. The summed E-state index contributed by atoms with van der Waals surface area (Å²) < 4.78 is 10.2. The third-order valence-corrected chi connectivity index (χ3v) is 6.21. The summed E-state index contributed by atoms with van der Waals surface area (Å²) in [4.78, 5) is 35.6. The van der Waals surface area contributed by atoms with Crippen LogP contribution in [0.2, 0.25) is 0 Å². The number of nitrogens with one attached hydrogen (secondary N) is 1. The summed E-state index contributed by atoms with van der Waals surface area (Å²) in [5.74, 6) is -0.803. The average molecular weight is 502 g/mol. The summed E-state index contributed by atoms with van der Waals surface area (Å²) in [6.07, 6.45) is 4.17. The van der Waals surface area contributed by atoms with Crippen LogP contribution in [-0.2, 0) is 20.7 Å². The van der Waals surface area contributed by atoms with Gasteiger partial charge in [0.05, 0.1) is 18.0 Å². The highest BCUT2D eigenvalue weighted by Gasteiger charge is 2.28. The van der Waals surface area contributed by atoms with Gasteiger partial charge >= 0.3 is 18.2 Å². The maximum Gasteiger partial charge on any atom is 0.410 e. The Hall–Kier alpha value is -3.28. The van der Waals surface area contributed by atoms with Crippen molar-refractivity contribution in [1.29, 1.82) is 5.26 Å². The highest BCUT2D eigenvalue weighted by atomic mass is 16.6. The number of hydrogen-bond donors (Lipinski definition) is 2. The molecule has 1 aromatic rings. The van der Waals surface area contributed by atoms with Crippen molar-refractivity contribution >= 4 is 18.2 Å². The highest BCUT2D eigenvalue weighted by molar-refractivity contribution is 5.70. The molecule has 2 saturated heterocycles. The quantitative estimate of drug-likeness (QED) is 0.525. The van der Waals surface area contributed by atoms with Gasteiger partial charge in [0.15, 0.2) is 0 Å². The van der Waals surface area contributed by atoms with Crippen molar-refractivity contribution in [2.75, 3.05) is 19.7 Å². The topological polar surface area (TPSA) is 129 Å². The fraction of sp³-hybridized carbons (Fsp3) is 0.630. The number of rotatable bonds is 8. The number of alkyl carbamates (subject to hydrolysis) is 1. The number of nitrogens with zero attached hydrogens (tertiary/aromatic N) is 2. The maximum atomic E-state index is 12.0. The largest absolute Gasteiger partial charge is 0.481 e. The predicted octanol–water partition coefficient (Wildman–Crippen LogP) is 4.76. The van der Waals surface area contributed by atoms with E-state index < -0.39 is 17.5 Å². The van der Waals surface area contributed by atoms with Crippen LogP contribution in [0, 0.1) is 23.2 Å². The van der Waals surface area contributed by atoms with E-state index in [1.165, 1.54) is 5.56 Å². The number of likely N-dealkylation sites (tertiary alicyclic amines) is 1. The summed E-state index contributed by atoms with van der Waals surface area (Å²) in [6, 6.07) is 12.2. The van der Waals surface area contributed by atoms with Crippen molar-refractivity contribution in [2.24, 2.45) is 11.8 Å². The Kier molecular flexibility index (Phi) is 11.5. The molecule has 0 aromatic heterocycles. The van der Waals surface area contributed by atoms with E-state index in [4.69, 9.17) is 14.7 Å². The van der Waals surface area contributed by atoms with Crippen molar-refractivity contribution < 1.29 is 29.0 Å². The van der Waals surface area contributed by atoms with Crippen LogP contribution in [0.3, 0.4) is 0 Å². The SMILES string of the molecule is CC(C)(C)OC(=O)N1CCC(CC[C@H](CCC#N)C(=O)O)CC1.O=C1N[C@@H](Cc2ccccc2)CO1. The van der Waals surface area contributed by atoms with Gasteiger partial charge in [-0.2, -0.15) is 5.26 Å². The van der Waals surface area contributed by atoms with Crippen LogP contribution >= 0.6 is 0 Å². The lowest BCUT2D eigenvalue weighted by Gasteiger charge is -2.33. The Morgan fingerprint density at radius 3 is 2.42 bits per heavy atom. The van der Waals surface area contributed by atoms with Crippen LogP contribution in [0.1, 0.15) is 64.9 Å². The summed E-state index contributed by atoms with van der Waals surface area (Å²) in [6.45, 7) is 7.36. The molecular formula is C27H39N3O6. The fourth-order valence-corrected chi connectivity index (χ4v) is 4.23. The molecule has 2 amide bonds. The van der Waals surface area contributed by atoms with Gasteiger partial charge in [-0.3, -0.25) is 4.79 Å². The molecular weight excluding hydrogens is 462 g/mol. The lowest BCUT2D eigenvalue weighted by atomic mass is 9.87. The van der Waals surface area contributed by atoms with Crippen LogP contribution in [0.4, 0.5) is 9.59 Å². The van der Waals surface area contributed by atoms with Gasteiger partial charge in [-0.05, 0) is 70.8 Å². The first-order valence-corrected chi connectivity index (χ1v) is 12.6. The number of hydrogen-bond acceptors (Lipinski definition) is 6. The molecule has 9 heteroatoms. The zero-order chi connectivity index (χ0) is 26.6. The molecule has 1 aromatic carbocycles. The van der Waals surface area contributed by atoms with Crippen LogP contribution in [0.5, 0.6) is 0 Å². The zero-order valence-electron chi connectivity index (χ0n) is 21.6. The minimum atomic E-state index is -0.813. The van der Waals surface area contributed by atoms with Crippen molar-refractivity contribution in [3.63, 3.8) is 0 Å². The number of ether oxygens (including phenoxy) is 2. The van der Waals surface area contributed by atoms with E-state index in [0.717, 1.165) is 25.7 Å². The summed E-state index contributed by atoms with van der Waals surface area (Å²) >= 11 is 0. The van der Waals surface area contributed by atoms with Gasteiger partial charge in [-0.15, -0.1) is 0 Å². The molecule has 0 saturated carbocycles. The Labute approximate surface area is 213 Å². The number of carboxylic acids is 1. The van der Waals surface area contributed by atoms with E-state index in [9.17, 15) is 19.5 Å². The standard InChI is InChI=1S/C17H28N2O4.C10H11NO2/c1-17(2,3)23-16(22)19-11-8-13(9-12-19)6-7-14(15(20)21)5-4-10-18;12-10-11-9(7-13-10)6-8-4-2-1-3-5-8/h13-14H,4-9,11-12H2,1-3H3,(H,20,21);1-5,9H,6-7H2,(H,11,12)/t14-;9-/m00/s1. The molecule has 0 spiro atoms. The first-order chi connectivity index (χ1) is 17.1. The Balaban J connectivity index is 0.000000293. The van der Waals surface area contributed by atoms with E-state index in [1.54, 1.807) is 4.90 Å². The summed E-state index contributed by atoms with van der Waals surface area (Å²) in [5, 5.41) is 20.5. The number of carboxylic acid groups (broad SMARTS) is 1. The number of aliphatic carboxylic acids is 1. The second-order valence-corrected chi connectivity index (χ2v) is 10.3. The summed E-state index contributed by atoms with van der Waals surface area (Å²) in [5.41, 5.74) is 0.738. The fourth-order valence-electron chi connectivity index (χ4n) is 4.23. The Morgan fingerprint density at radius 2 is 1.89 bits per heavy atom. The van der Waals surface area contributed by atoms with E-state index in [-0.39, 0.29) is 24.6 Å². The normalized spacial score (nSPS) is 18.7. The van der Waals surface area contributed by atoms with Crippen molar-refractivity contribution in [1.82, 2.24) is 10.2 Å². The number of cyclic esters (lactones) is 1. The number of nitriles is 1. The van der Waals surface area contributed by atoms with Crippen LogP contribution in [0.25, 0.3) is 0 Å². The number of piperidine rings is 1. The zero-order valence-corrected chi connectivity index (χ0v) is 21.6. The van der Waals surface area contributed by atoms with Crippen molar-refractivity contribution in [2.45, 2.75) is 77.4 Å². The highest BCUT2D eigenvalue weighted by Crippen LogP contribution is 2.26. The maximum absolute atomic E-state index is 12.0. The second kappa shape index (κ2) is 14.3. The number of amides is 2. The number of carbonyl (C=O) groups is 3. The Morgan fingerprint density at radius 1 is 1.22 bits per heavy atom. The van der Waals surface area contributed by atoms with Gasteiger partial charge in [-0.25, -0.2) is 9.59 Å². The van der Waals surface area contributed by atoms with Gasteiger partial charge in [0.2, 0.25) is 0 Å². The second-order valence-electron chi connectivity index (χ2n) is 10.3. The first-order valence-electron chi connectivity index (χ1n) is 12.6. The number of carbonyl (C=O) groups excluding carboxylic acids is 2. The molecule has 2 aliphatic heterocycles. The van der Waals surface area contributed by atoms with Gasteiger partial charge < -0.3 is 24.8 Å². The monoisotopic (exact) mass is 501 g/mol. The number of benzene rings is 1. The molecule has 9 nitrogen and oxygen atoms in total. The van der Waals surface area contributed by atoms with Gasteiger partial charge in [0.25, 0.3) is 0 Å². The van der Waals surface area contributed by atoms with Crippen LogP contribution in [-0.4, -0.2) is 59.5 Å². The van der Waals surface area contributed by atoms with Gasteiger partial charge in [-0.1, -0.05) is 30.3 Å². The molecule has 0 unspecified atom stereocenters. The molecule has 2 fully saturated rings. The van der Waals surface area contributed by atoms with Gasteiger partial charge in [0.1, 0.15) is 12.2 Å². The molecule has 2 N–H and O–H groups in total. The predicted molar refractivity (Wildman–Crippen MR) is 134 cm³/mol. The molecule has 3 rings (SSSR count). The molecule has 2 atom stereocenters. The van der Waals surface area contributed by atoms with Crippen LogP contribution < -0.4 is 5.32 Å². The Bertz CT molecular complexity index is 885. The molecule has 0 radical (unpaired) electrons. The third kappa shape index (κ3) is 11.0. The van der Waals surface area contributed by atoms with E-state index >= 15 is 0 Å². The molecule has 2 heterocycles. The van der Waals surface area contributed by atoms with E-state index in [1.807, 2.05) is 57.2 Å². The van der Waals surface area contributed by atoms with Crippen molar-refractivity contribution in [3.05, 3.63) is 35.9 Å². The average Bonchev–Trinajstić information content (AvgIpc) is 3.23. The lowest BCUT2D eigenvalue weighted by Crippen LogP contribution is -2.41. The van der Waals surface area contributed by atoms with Crippen molar-refractivity contribution in [3.8, 4) is 6.07 Å². The van der Waals surface area contributed by atoms with E-state index in [2.05, 4.69) is 5.32 Å². The lowest BCUT2D eigenvalue weighted by molar-refractivity contribution is -0.142. The molecule has 2 aliphatic rings. The van der Waals surface area contributed by atoms with Crippen LogP contribution in [0.15, 0.2) is 30.3 Å². The molecule has 0 aliphatic carbocycles. The third-order valence-electron chi connectivity index (χ3n) is 6.21. The minimum absolute atomic E-state index is 0.134. The minimum Gasteiger partial charge on any atom is -0.481 e. The van der Waals surface area contributed by atoms with E-state index in [0.29, 0.717) is 38.5 Å². The molecule has 36 heavy (non-hydrogen) atoms. The summed E-state index contributed by atoms with van der Waals surface area (Å²) in [7, 11) is 0. The smallest absolute Gasteiger partial charge is 0.410 e. The molecule has 198 valence electrons.